The molecular weight excluding hydrogens is 374 g/mol. The molecule has 0 aromatic carbocycles. The first-order valence-electron chi connectivity index (χ1n) is 12.9. The van der Waals surface area contributed by atoms with Crippen LogP contribution in [0.1, 0.15) is 129 Å². The van der Waals surface area contributed by atoms with Crippen LogP contribution in [0.2, 0.25) is 0 Å². The summed E-state index contributed by atoms with van der Waals surface area (Å²) in [5, 5.41) is 20.2. The van der Waals surface area contributed by atoms with E-state index in [0.717, 1.165) is 32.1 Å². The van der Waals surface area contributed by atoms with Gasteiger partial charge in [-0.2, -0.15) is 0 Å². The summed E-state index contributed by atoms with van der Waals surface area (Å²) in [6.45, 7) is 4.41. The van der Waals surface area contributed by atoms with Crippen molar-refractivity contribution in [3.8, 4) is 0 Å². The van der Waals surface area contributed by atoms with Gasteiger partial charge in [0.2, 0.25) is 0 Å². The van der Waals surface area contributed by atoms with E-state index in [4.69, 9.17) is 5.73 Å². The van der Waals surface area contributed by atoms with Crippen molar-refractivity contribution in [2.45, 2.75) is 148 Å². The monoisotopic (exact) mass is 425 g/mol. The average Bonchev–Trinajstić information content (AvgIpc) is 2.75. The molecule has 0 rings (SSSR count). The zero-order chi connectivity index (χ0) is 22.5. The fourth-order valence-corrected chi connectivity index (χ4v) is 3.74. The summed E-state index contributed by atoms with van der Waals surface area (Å²) in [6.07, 6.45) is 22.3. The number of hydrogen-bond acceptors (Lipinski definition) is 4. The molecule has 0 amide bonds. The summed E-state index contributed by atoms with van der Waals surface area (Å²) < 4.78 is 0. The molecule has 0 aromatic heterocycles. The lowest BCUT2D eigenvalue weighted by atomic mass is 9.97. The summed E-state index contributed by atoms with van der Waals surface area (Å²) in [5.74, 6) is -0.253. The molecule has 0 aliphatic carbocycles. The summed E-state index contributed by atoms with van der Waals surface area (Å²) >= 11 is 0. The molecule has 0 spiro atoms. The lowest BCUT2D eigenvalue weighted by Gasteiger charge is -2.21. The molecule has 3 atom stereocenters. The number of nitrogens with two attached hydrogens (primary N) is 1. The number of aliphatic hydroxyl groups is 2. The largest absolute Gasteiger partial charge is 0.387 e. The Morgan fingerprint density at radius 2 is 1.17 bits per heavy atom. The Morgan fingerprint density at radius 1 is 0.733 bits per heavy atom. The van der Waals surface area contributed by atoms with Crippen molar-refractivity contribution in [2.75, 3.05) is 0 Å². The Bertz CT molecular complexity index is 411. The highest BCUT2D eigenvalue weighted by molar-refractivity contribution is 5.83. The van der Waals surface area contributed by atoms with Gasteiger partial charge in [0.05, 0.1) is 12.1 Å². The Balaban J connectivity index is 3.71. The van der Waals surface area contributed by atoms with Crippen LogP contribution in [0, 0.1) is 0 Å². The first-order valence-corrected chi connectivity index (χ1v) is 12.9. The van der Waals surface area contributed by atoms with Crippen LogP contribution < -0.4 is 5.73 Å². The number of rotatable bonds is 22. The van der Waals surface area contributed by atoms with Crippen LogP contribution >= 0.6 is 0 Å². The van der Waals surface area contributed by atoms with Gasteiger partial charge in [-0.3, -0.25) is 4.79 Å². The van der Waals surface area contributed by atoms with Gasteiger partial charge in [0.25, 0.3) is 0 Å². The molecule has 0 heterocycles. The van der Waals surface area contributed by atoms with Crippen molar-refractivity contribution in [2.24, 2.45) is 5.73 Å². The second-order valence-electron chi connectivity index (χ2n) is 8.90. The van der Waals surface area contributed by atoms with Crippen LogP contribution in [0.3, 0.4) is 0 Å². The Hall–Kier alpha value is -0.710. The molecular formula is C26H51NO3. The minimum absolute atomic E-state index is 0.253. The fraction of sp³-hybridized carbons (Fsp3) is 0.885. The Kier molecular flexibility index (Phi) is 21.0. The molecule has 178 valence electrons. The van der Waals surface area contributed by atoms with E-state index in [1.54, 1.807) is 6.08 Å². The molecule has 4 N–H and O–H groups in total. The van der Waals surface area contributed by atoms with E-state index < -0.39 is 18.2 Å². The van der Waals surface area contributed by atoms with Crippen molar-refractivity contribution in [1.29, 1.82) is 0 Å². The highest BCUT2D eigenvalue weighted by Gasteiger charge is 2.26. The maximum atomic E-state index is 12.0. The van der Waals surface area contributed by atoms with E-state index in [1.165, 1.54) is 77.0 Å². The number of hydrogen-bond donors (Lipinski definition) is 3. The van der Waals surface area contributed by atoms with Crippen molar-refractivity contribution in [3.63, 3.8) is 0 Å². The molecule has 4 heteroatoms. The van der Waals surface area contributed by atoms with Gasteiger partial charge in [-0.1, -0.05) is 116 Å². The minimum atomic E-state index is -1.28. The Morgan fingerprint density at radius 3 is 1.67 bits per heavy atom. The van der Waals surface area contributed by atoms with Crippen molar-refractivity contribution < 1.29 is 15.0 Å². The van der Waals surface area contributed by atoms with Gasteiger partial charge in [-0.25, -0.2) is 0 Å². The molecule has 0 fully saturated rings. The number of aliphatic hydroxyl groups excluding tert-OH is 2. The van der Waals surface area contributed by atoms with Crippen LogP contribution in [-0.4, -0.2) is 34.2 Å². The third-order valence-corrected chi connectivity index (χ3v) is 5.92. The maximum Gasteiger partial charge on any atom is 0.162 e. The van der Waals surface area contributed by atoms with E-state index in [1.807, 2.05) is 6.08 Å². The van der Waals surface area contributed by atoms with Crippen LogP contribution in [-0.2, 0) is 4.79 Å². The zero-order valence-corrected chi connectivity index (χ0v) is 20.0. The van der Waals surface area contributed by atoms with Gasteiger partial charge in [0.15, 0.2) is 5.78 Å². The summed E-state index contributed by atoms with van der Waals surface area (Å²) in [5.41, 5.74) is 5.89. The van der Waals surface area contributed by atoms with Crippen molar-refractivity contribution in [1.82, 2.24) is 0 Å². The second-order valence-corrected chi connectivity index (χ2v) is 8.90. The van der Waals surface area contributed by atoms with E-state index in [0.29, 0.717) is 6.42 Å². The van der Waals surface area contributed by atoms with Crippen LogP contribution in [0.4, 0.5) is 0 Å². The molecule has 0 aliphatic rings. The standard InChI is InChI=1S/C26H51NO3/c1-3-5-7-9-10-11-12-13-14-15-16-18-19-21-23(28)25(27)26(30)24(29)22-20-17-8-6-4-2/h19,21,23,25-26,28,30H,3-18,20,22,27H2,1-2H3/b21-19+/t23-,25-,26?/m1/s1. The van der Waals surface area contributed by atoms with Crippen LogP contribution in [0.5, 0.6) is 0 Å². The normalized spacial score (nSPS) is 14.8. The van der Waals surface area contributed by atoms with Gasteiger partial charge in [-0.15, -0.1) is 0 Å². The number of carbonyl (C=O) groups is 1. The number of allylic oxidation sites excluding steroid dienone is 1. The molecule has 30 heavy (non-hydrogen) atoms. The number of Topliss-reactive ketones (excluding diaryl/α,β-unsaturated/α-hetero) is 1. The van der Waals surface area contributed by atoms with Crippen molar-refractivity contribution in [3.05, 3.63) is 12.2 Å². The molecule has 0 bridgehead atoms. The highest BCUT2D eigenvalue weighted by atomic mass is 16.3. The Labute approximate surface area is 186 Å². The summed E-state index contributed by atoms with van der Waals surface area (Å²) in [6, 6.07) is -0.943. The third kappa shape index (κ3) is 17.0. The maximum absolute atomic E-state index is 12.0. The van der Waals surface area contributed by atoms with Gasteiger partial charge < -0.3 is 15.9 Å². The minimum Gasteiger partial charge on any atom is -0.387 e. The van der Waals surface area contributed by atoms with Crippen LogP contribution in [0.15, 0.2) is 12.2 Å². The predicted molar refractivity (Wildman–Crippen MR) is 129 cm³/mol. The number of carbonyl (C=O) groups excluding carboxylic acids is 1. The lowest BCUT2D eigenvalue weighted by Crippen LogP contribution is -2.47. The van der Waals surface area contributed by atoms with E-state index >= 15 is 0 Å². The fourth-order valence-electron chi connectivity index (χ4n) is 3.74. The first kappa shape index (κ1) is 29.3. The van der Waals surface area contributed by atoms with E-state index in [2.05, 4.69) is 13.8 Å². The zero-order valence-electron chi connectivity index (χ0n) is 20.0. The van der Waals surface area contributed by atoms with E-state index in [-0.39, 0.29) is 5.78 Å². The topological polar surface area (TPSA) is 83.6 Å². The van der Waals surface area contributed by atoms with Gasteiger partial charge >= 0.3 is 0 Å². The van der Waals surface area contributed by atoms with E-state index in [9.17, 15) is 15.0 Å². The SMILES string of the molecule is CCCCCCCCCCCCC/C=C/[C@@H](O)[C@@H](N)C(O)C(=O)CCCCCCC. The molecule has 4 nitrogen and oxygen atoms in total. The molecule has 0 radical (unpaired) electrons. The predicted octanol–water partition coefficient (Wildman–Crippen LogP) is 6.22. The van der Waals surface area contributed by atoms with Gasteiger partial charge in [-0.05, 0) is 19.3 Å². The molecule has 0 saturated heterocycles. The third-order valence-electron chi connectivity index (χ3n) is 5.92. The molecule has 0 aromatic rings. The number of unbranched alkanes of at least 4 members (excludes halogenated alkanes) is 15. The molecule has 1 unspecified atom stereocenters. The quantitative estimate of drug-likeness (QED) is 0.142. The average molecular weight is 426 g/mol. The molecule has 0 saturated carbocycles. The first-order chi connectivity index (χ1) is 14.5. The number of ketones is 1. The smallest absolute Gasteiger partial charge is 0.162 e. The lowest BCUT2D eigenvalue weighted by molar-refractivity contribution is -0.129. The summed E-state index contributed by atoms with van der Waals surface area (Å²) in [4.78, 5) is 12.0. The summed E-state index contributed by atoms with van der Waals surface area (Å²) in [7, 11) is 0. The second kappa shape index (κ2) is 21.5. The highest BCUT2D eigenvalue weighted by Crippen LogP contribution is 2.13. The van der Waals surface area contributed by atoms with Crippen LogP contribution in [0.25, 0.3) is 0 Å². The van der Waals surface area contributed by atoms with Gasteiger partial charge in [0.1, 0.15) is 6.10 Å². The van der Waals surface area contributed by atoms with Crippen molar-refractivity contribution >= 4 is 5.78 Å². The molecule has 0 aliphatic heterocycles. The van der Waals surface area contributed by atoms with Gasteiger partial charge in [0, 0.05) is 6.42 Å².